The number of rotatable bonds is 5. The van der Waals surface area contributed by atoms with E-state index >= 15 is 0 Å². The molecule has 1 aliphatic rings. The Morgan fingerprint density at radius 3 is 2.60 bits per heavy atom. The van der Waals surface area contributed by atoms with Gasteiger partial charge in [-0.25, -0.2) is 0 Å². The number of hydrogen-bond acceptors (Lipinski definition) is 5. The first-order valence-electron chi connectivity index (χ1n) is 7.46. The monoisotopic (exact) mass is 403 g/mol. The van der Waals surface area contributed by atoms with Crippen molar-refractivity contribution in [2.24, 2.45) is 0 Å². The summed E-state index contributed by atoms with van der Waals surface area (Å²) in [6.45, 7) is -0.405. The van der Waals surface area contributed by atoms with Gasteiger partial charge in [0, 0.05) is 26.1 Å². The molecular weight excluding hydrogens is 390 g/mol. The summed E-state index contributed by atoms with van der Waals surface area (Å²) in [5, 5.41) is 11.2. The van der Waals surface area contributed by atoms with Crippen molar-refractivity contribution >= 4 is 28.0 Å². The number of fused-ring (bicyclic) bond motifs is 1. The Hall–Kier alpha value is -2.67. The minimum atomic E-state index is -0.704. The molecular formula is C18H14BrNO5. The molecule has 0 spiro atoms. The molecule has 1 heterocycles. The van der Waals surface area contributed by atoms with Crippen molar-refractivity contribution < 1.29 is 19.2 Å². The molecule has 0 saturated heterocycles. The fourth-order valence-electron chi connectivity index (χ4n) is 2.82. The predicted octanol–water partition coefficient (Wildman–Crippen LogP) is 3.82. The SMILES string of the molecule is COc1ccc2c(c1)[C@@H](C[N+](=O)[O-])C(C=O)=C(c1ccc(Br)cc1)O2. The van der Waals surface area contributed by atoms with Gasteiger partial charge in [-0.15, -0.1) is 0 Å². The lowest BCUT2D eigenvalue weighted by Gasteiger charge is -2.27. The fraction of sp³-hybridized carbons (Fsp3) is 0.167. The highest BCUT2D eigenvalue weighted by Crippen LogP contribution is 2.43. The smallest absolute Gasteiger partial charge is 0.215 e. The number of hydrogen-bond donors (Lipinski definition) is 0. The van der Waals surface area contributed by atoms with Crippen molar-refractivity contribution in [2.45, 2.75) is 5.92 Å². The fourth-order valence-corrected chi connectivity index (χ4v) is 3.09. The maximum absolute atomic E-state index is 11.8. The zero-order valence-corrected chi connectivity index (χ0v) is 14.9. The third-order valence-corrected chi connectivity index (χ3v) is 4.54. The van der Waals surface area contributed by atoms with E-state index in [-0.39, 0.29) is 5.57 Å². The third kappa shape index (κ3) is 3.41. The van der Waals surface area contributed by atoms with Crippen molar-refractivity contribution in [2.75, 3.05) is 13.7 Å². The van der Waals surface area contributed by atoms with E-state index in [0.29, 0.717) is 34.7 Å². The Morgan fingerprint density at radius 2 is 2.00 bits per heavy atom. The molecule has 0 saturated carbocycles. The first kappa shape index (κ1) is 17.2. The van der Waals surface area contributed by atoms with E-state index < -0.39 is 17.4 Å². The quantitative estimate of drug-likeness (QED) is 0.430. The topological polar surface area (TPSA) is 78.7 Å². The summed E-state index contributed by atoms with van der Waals surface area (Å²) < 4.78 is 12.0. The summed E-state index contributed by atoms with van der Waals surface area (Å²) in [5.74, 6) is 0.668. The molecule has 2 aromatic carbocycles. The van der Waals surface area contributed by atoms with Crippen molar-refractivity contribution in [3.8, 4) is 11.5 Å². The molecule has 1 aliphatic heterocycles. The number of halogens is 1. The number of aldehydes is 1. The van der Waals surface area contributed by atoms with Crippen LogP contribution in [0.25, 0.3) is 5.76 Å². The van der Waals surface area contributed by atoms with Crippen LogP contribution in [-0.4, -0.2) is 24.9 Å². The zero-order chi connectivity index (χ0) is 18.0. The Bertz CT molecular complexity index is 860. The van der Waals surface area contributed by atoms with Crippen molar-refractivity contribution in [1.82, 2.24) is 0 Å². The number of nitro groups is 1. The molecule has 0 unspecified atom stereocenters. The van der Waals surface area contributed by atoms with E-state index in [4.69, 9.17) is 9.47 Å². The van der Waals surface area contributed by atoms with Gasteiger partial charge in [0.05, 0.1) is 13.0 Å². The first-order valence-corrected chi connectivity index (χ1v) is 8.25. The van der Waals surface area contributed by atoms with Gasteiger partial charge in [-0.1, -0.05) is 28.1 Å². The summed E-state index contributed by atoms with van der Waals surface area (Å²) in [6, 6.07) is 12.3. The highest BCUT2D eigenvalue weighted by Gasteiger charge is 2.34. The lowest BCUT2D eigenvalue weighted by Crippen LogP contribution is -2.22. The molecule has 128 valence electrons. The van der Waals surface area contributed by atoms with Gasteiger partial charge in [0.2, 0.25) is 6.54 Å². The standard InChI is InChI=1S/C18H14BrNO5/c1-24-13-6-7-17-14(8-13)15(9-20(22)23)16(10-21)18(25-17)11-2-4-12(19)5-3-11/h2-8,10,15H,9H2,1H3/t15-/m1/s1. The number of benzene rings is 2. The second-order valence-corrected chi connectivity index (χ2v) is 6.40. The summed E-state index contributed by atoms with van der Waals surface area (Å²) >= 11 is 3.36. The highest BCUT2D eigenvalue weighted by molar-refractivity contribution is 9.10. The second-order valence-electron chi connectivity index (χ2n) is 5.48. The van der Waals surface area contributed by atoms with Crippen LogP contribution in [-0.2, 0) is 4.79 Å². The highest BCUT2D eigenvalue weighted by atomic mass is 79.9. The van der Waals surface area contributed by atoms with Gasteiger partial charge < -0.3 is 9.47 Å². The van der Waals surface area contributed by atoms with Crippen LogP contribution in [0, 0.1) is 10.1 Å². The van der Waals surface area contributed by atoms with Crippen molar-refractivity contribution in [3.63, 3.8) is 0 Å². The summed E-state index contributed by atoms with van der Waals surface area (Å²) in [5.41, 5.74) is 1.50. The average Bonchev–Trinajstić information content (AvgIpc) is 2.61. The van der Waals surface area contributed by atoms with E-state index in [1.807, 2.05) is 12.1 Å². The van der Waals surface area contributed by atoms with Gasteiger partial charge >= 0.3 is 0 Å². The Kier molecular flexibility index (Phi) is 4.85. The van der Waals surface area contributed by atoms with Crippen LogP contribution in [0.3, 0.4) is 0 Å². The number of methoxy groups -OCH3 is 1. The number of carbonyl (C=O) groups is 1. The van der Waals surface area contributed by atoms with Crippen LogP contribution < -0.4 is 9.47 Å². The summed E-state index contributed by atoms with van der Waals surface area (Å²) in [7, 11) is 1.51. The van der Waals surface area contributed by atoms with E-state index in [1.54, 1.807) is 30.3 Å². The summed E-state index contributed by atoms with van der Waals surface area (Å²) in [6.07, 6.45) is 0.633. The largest absolute Gasteiger partial charge is 0.497 e. The lowest BCUT2D eigenvalue weighted by atomic mass is 9.86. The molecule has 0 aromatic heterocycles. The molecule has 2 aromatic rings. The lowest BCUT2D eigenvalue weighted by molar-refractivity contribution is -0.481. The molecule has 0 bridgehead atoms. The number of carbonyl (C=O) groups excluding carboxylic acids is 1. The molecule has 6 nitrogen and oxygen atoms in total. The predicted molar refractivity (Wildman–Crippen MR) is 95.4 cm³/mol. The molecule has 0 aliphatic carbocycles. The summed E-state index contributed by atoms with van der Waals surface area (Å²) in [4.78, 5) is 22.5. The maximum Gasteiger partial charge on any atom is 0.215 e. The Labute approximate surface area is 152 Å². The van der Waals surface area contributed by atoms with Crippen LogP contribution in [0.4, 0.5) is 0 Å². The average molecular weight is 404 g/mol. The number of ether oxygens (including phenoxy) is 2. The van der Waals surface area contributed by atoms with Crippen LogP contribution in [0.1, 0.15) is 17.0 Å². The second kappa shape index (κ2) is 7.06. The molecule has 0 radical (unpaired) electrons. The Morgan fingerprint density at radius 1 is 1.28 bits per heavy atom. The van der Waals surface area contributed by atoms with Gasteiger partial charge in [-0.2, -0.15) is 0 Å². The van der Waals surface area contributed by atoms with Gasteiger partial charge in [-0.05, 0) is 30.3 Å². The minimum absolute atomic E-state index is 0.250. The molecule has 25 heavy (non-hydrogen) atoms. The maximum atomic E-state index is 11.8. The van der Waals surface area contributed by atoms with E-state index in [0.717, 1.165) is 4.47 Å². The molecule has 1 atom stereocenters. The normalized spacial score (nSPS) is 16.0. The molecule has 0 fully saturated rings. The van der Waals surface area contributed by atoms with Crippen LogP contribution in [0.15, 0.2) is 52.5 Å². The van der Waals surface area contributed by atoms with Crippen molar-refractivity contribution in [1.29, 1.82) is 0 Å². The van der Waals surface area contributed by atoms with Gasteiger partial charge in [-0.3, -0.25) is 14.9 Å². The third-order valence-electron chi connectivity index (χ3n) is 4.01. The number of nitrogens with zero attached hydrogens (tertiary/aromatic N) is 1. The van der Waals surface area contributed by atoms with Crippen LogP contribution in [0.2, 0.25) is 0 Å². The first-order chi connectivity index (χ1) is 12.0. The van der Waals surface area contributed by atoms with E-state index in [1.165, 1.54) is 7.11 Å². The van der Waals surface area contributed by atoms with Gasteiger partial charge in [0.1, 0.15) is 17.3 Å². The molecule has 7 heteroatoms. The molecule has 3 rings (SSSR count). The van der Waals surface area contributed by atoms with E-state index in [9.17, 15) is 14.9 Å². The minimum Gasteiger partial charge on any atom is -0.497 e. The molecule has 0 N–H and O–H groups in total. The van der Waals surface area contributed by atoms with Gasteiger partial charge in [0.15, 0.2) is 6.29 Å². The van der Waals surface area contributed by atoms with Crippen molar-refractivity contribution in [3.05, 3.63) is 73.8 Å². The Balaban J connectivity index is 2.17. The molecule has 0 amide bonds. The van der Waals surface area contributed by atoms with Gasteiger partial charge in [0.25, 0.3) is 0 Å². The zero-order valence-electron chi connectivity index (χ0n) is 13.3. The van der Waals surface area contributed by atoms with E-state index in [2.05, 4.69) is 15.9 Å². The van der Waals surface area contributed by atoms with Crippen LogP contribution >= 0.6 is 15.9 Å². The van der Waals surface area contributed by atoms with Crippen LogP contribution in [0.5, 0.6) is 11.5 Å².